The maximum absolute atomic E-state index is 12.9. The van der Waals surface area contributed by atoms with E-state index >= 15 is 0 Å². The van der Waals surface area contributed by atoms with E-state index in [1.165, 1.54) is 25.3 Å². The molecule has 0 N–H and O–H groups in total. The van der Waals surface area contributed by atoms with Crippen LogP contribution in [-0.2, 0) is 14.8 Å². The van der Waals surface area contributed by atoms with Gasteiger partial charge in [-0.25, -0.2) is 13.2 Å². The van der Waals surface area contributed by atoms with Gasteiger partial charge >= 0.3 is 5.97 Å². The first-order valence-corrected chi connectivity index (χ1v) is 10.7. The summed E-state index contributed by atoms with van der Waals surface area (Å²) < 4.78 is 36.6. The van der Waals surface area contributed by atoms with Gasteiger partial charge in [0.05, 0.1) is 28.3 Å². The van der Waals surface area contributed by atoms with E-state index in [1.54, 1.807) is 12.1 Å². The zero-order valence-electron chi connectivity index (χ0n) is 15.7. The van der Waals surface area contributed by atoms with Gasteiger partial charge in [-0.15, -0.1) is 0 Å². The van der Waals surface area contributed by atoms with Gasteiger partial charge in [0, 0.05) is 6.07 Å². The number of hydrogen-bond donors (Lipinski definition) is 0. The number of methoxy groups -OCH3 is 1. The molecule has 1 heterocycles. The fraction of sp³-hybridized carbons (Fsp3) is 0.263. The summed E-state index contributed by atoms with van der Waals surface area (Å²) in [7, 11) is -2.82. The molecule has 0 atom stereocenters. The van der Waals surface area contributed by atoms with Crippen LogP contribution in [0.4, 0.5) is 0 Å². The minimum Gasteiger partial charge on any atom is -0.497 e. The molecule has 154 valence electrons. The largest absolute Gasteiger partial charge is 0.497 e. The van der Waals surface area contributed by atoms with Crippen molar-refractivity contribution in [2.75, 3.05) is 13.8 Å². The molecule has 0 aliphatic carbocycles. The molecular formula is C19H17Cl2NO6S. The molecule has 7 nitrogen and oxygen atoms in total. The lowest BCUT2D eigenvalue weighted by atomic mass is 10.0. The quantitative estimate of drug-likeness (QED) is 0.625. The maximum Gasteiger partial charge on any atom is 0.342 e. The highest BCUT2D eigenvalue weighted by Crippen LogP contribution is 2.38. The molecule has 2 aromatic carbocycles. The summed E-state index contributed by atoms with van der Waals surface area (Å²) in [6, 6.07) is 7.34. The SMILES string of the molecule is COc1cc(C(C)C)c2c(c1)S(=O)(=O)N(COC(=O)c1c(Cl)cccc1Cl)[14C]2=O. The van der Waals surface area contributed by atoms with E-state index in [4.69, 9.17) is 32.7 Å². The van der Waals surface area contributed by atoms with Crippen molar-refractivity contribution in [3.8, 4) is 5.75 Å². The molecule has 0 unspecified atom stereocenters. The number of nitrogens with zero attached hydrogens (tertiary/aromatic N) is 1. The summed E-state index contributed by atoms with van der Waals surface area (Å²) in [5.41, 5.74) is 0.463. The molecule has 1 aliphatic heterocycles. The molecule has 2 aromatic rings. The molecule has 1 amide bonds. The van der Waals surface area contributed by atoms with E-state index in [0.29, 0.717) is 15.6 Å². The first-order valence-electron chi connectivity index (χ1n) is 8.49. The number of benzene rings is 2. The second-order valence-corrected chi connectivity index (χ2v) is 9.21. The van der Waals surface area contributed by atoms with Gasteiger partial charge in [0.25, 0.3) is 15.9 Å². The predicted octanol–water partition coefficient (Wildman–Crippen LogP) is 4.08. The number of halogens is 2. The summed E-state index contributed by atoms with van der Waals surface area (Å²) in [6.07, 6.45) is 0. The number of ether oxygens (including phenoxy) is 2. The van der Waals surface area contributed by atoms with Crippen molar-refractivity contribution >= 4 is 45.1 Å². The van der Waals surface area contributed by atoms with Crippen LogP contribution >= 0.6 is 23.2 Å². The van der Waals surface area contributed by atoms with Gasteiger partial charge < -0.3 is 9.47 Å². The van der Waals surface area contributed by atoms with Gasteiger partial charge in [-0.3, -0.25) is 4.79 Å². The molecule has 0 spiro atoms. The summed E-state index contributed by atoms with van der Waals surface area (Å²) >= 11 is 11.9. The average molecular weight is 460 g/mol. The van der Waals surface area contributed by atoms with Gasteiger partial charge in [0.15, 0.2) is 6.73 Å². The second-order valence-electron chi connectivity index (χ2n) is 6.56. The summed E-state index contributed by atoms with van der Waals surface area (Å²) in [6.45, 7) is 2.85. The van der Waals surface area contributed by atoms with Crippen molar-refractivity contribution in [3.05, 3.63) is 57.1 Å². The van der Waals surface area contributed by atoms with Crippen LogP contribution in [0.3, 0.4) is 0 Å². The molecule has 1 aliphatic rings. The standard InChI is InChI=1S/C19H17Cl2NO6S/c1-10(2)12-7-11(27-3)8-15-16(12)18(23)22(29(15,25)26)9-28-19(24)17-13(20)5-4-6-14(17)21/h4-8,10H,9H2,1-3H3/i18+2. The first-order chi connectivity index (χ1) is 13.6. The molecule has 0 fully saturated rings. The Labute approximate surface area is 178 Å². The second kappa shape index (κ2) is 7.85. The number of sulfonamides is 1. The van der Waals surface area contributed by atoms with E-state index in [2.05, 4.69) is 0 Å². The third-order valence-electron chi connectivity index (χ3n) is 4.45. The van der Waals surface area contributed by atoms with Crippen LogP contribution in [-0.4, -0.2) is 38.4 Å². The summed E-state index contributed by atoms with van der Waals surface area (Å²) in [5, 5.41) is 0.0986. The minimum atomic E-state index is -4.22. The highest BCUT2D eigenvalue weighted by molar-refractivity contribution is 7.90. The van der Waals surface area contributed by atoms with Crippen molar-refractivity contribution in [2.24, 2.45) is 0 Å². The van der Waals surface area contributed by atoms with Gasteiger partial charge in [-0.2, -0.15) is 4.31 Å². The number of amides is 1. The van der Waals surface area contributed by atoms with Crippen LogP contribution in [0.1, 0.15) is 46.0 Å². The Morgan fingerprint density at radius 1 is 1.21 bits per heavy atom. The Bertz CT molecular complexity index is 1090. The monoisotopic (exact) mass is 459 g/mol. The van der Waals surface area contributed by atoms with E-state index in [0.717, 1.165) is 0 Å². The molecule has 29 heavy (non-hydrogen) atoms. The maximum atomic E-state index is 12.9. The highest BCUT2D eigenvalue weighted by Gasteiger charge is 2.44. The van der Waals surface area contributed by atoms with Crippen LogP contribution in [0.5, 0.6) is 5.75 Å². The van der Waals surface area contributed by atoms with Crippen LogP contribution < -0.4 is 4.74 Å². The van der Waals surface area contributed by atoms with Gasteiger partial charge in [-0.05, 0) is 29.7 Å². The first kappa shape index (κ1) is 21.4. The van der Waals surface area contributed by atoms with E-state index in [-0.39, 0.29) is 32.0 Å². The fourth-order valence-electron chi connectivity index (χ4n) is 2.98. The topological polar surface area (TPSA) is 90.0 Å². The number of carbonyl (C=O) groups is 2. The third-order valence-corrected chi connectivity index (χ3v) is 6.81. The zero-order chi connectivity index (χ0) is 21.5. The van der Waals surface area contributed by atoms with Gasteiger partial charge in [0.1, 0.15) is 10.6 Å². The minimum absolute atomic E-state index is 0.0487. The Hall–Kier alpha value is -2.29. The van der Waals surface area contributed by atoms with Crippen LogP contribution in [0.25, 0.3) is 0 Å². The average Bonchev–Trinajstić information content (AvgIpc) is 2.84. The van der Waals surface area contributed by atoms with Crippen molar-refractivity contribution in [1.29, 1.82) is 0 Å². The molecule has 10 heteroatoms. The molecule has 0 saturated carbocycles. The zero-order valence-corrected chi connectivity index (χ0v) is 18.1. The summed E-state index contributed by atoms with van der Waals surface area (Å²) in [5.74, 6) is -1.54. The van der Waals surface area contributed by atoms with Crippen molar-refractivity contribution in [1.82, 2.24) is 4.31 Å². The number of hydrogen-bond acceptors (Lipinski definition) is 6. The number of rotatable bonds is 5. The third kappa shape index (κ3) is 3.68. The molecule has 0 aromatic heterocycles. The predicted molar refractivity (Wildman–Crippen MR) is 107 cm³/mol. The number of carbonyl (C=O) groups excluding carboxylic acids is 2. The lowest BCUT2D eigenvalue weighted by Gasteiger charge is -2.16. The molecule has 3 rings (SSSR count). The highest BCUT2D eigenvalue weighted by atomic mass is 35.5. The van der Waals surface area contributed by atoms with Crippen LogP contribution in [0, 0.1) is 0 Å². The van der Waals surface area contributed by atoms with Crippen molar-refractivity contribution in [2.45, 2.75) is 24.7 Å². The van der Waals surface area contributed by atoms with Crippen LogP contribution in [0.15, 0.2) is 35.2 Å². The Kier molecular flexibility index (Phi) is 5.80. The van der Waals surface area contributed by atoms with Crippen molar-refractivity contribution < 1.29 is 27.5 Å². The smallest absolute Gasteiger partial charge is 0.342 e. The lowest BCUT2D eigenvalue weighted by Crippen LogP contribution is -2.33. The number of esters is 1. The van der Waals surface area contributed by atoms with Gasteiger partial charge in [-0.1, -0.05) is 43.1 Å². The molecular weight excluding hydrogens is 443 g/mol. The van der Waals surface area contributed by atoms with Gasteiger partial charge in [0.2, 0.25) is 0 Å². The Morgan fingerprint density at radius 2 is 1.83 bits per heavy atom. The molecule has 0 radical (unpaired) electrons. The number of fused-ring (bicyclic) bond motifs is 1. The Morgan fingerprint density at radius 3 is 2.38 bits per heavy atom. The molecule has 0 saturated heterocycles. The van der Waals surface area contributed by atoms with E-state index in [9.17, 15) is 18.0 Å². The Balaban J connectivity index is 1.95. The van der Waals surface area contributed by atoms with E-state index in [1.807, 2.05) is 13.8 Å². The lowest BCUT2D eigenvalue weighted by molar-refractivity contribution is 0.0358. The van der Waals surface area contributed by atoms with E-state index < -0.39 is 28.6 Å². The van der Waals surface area contributed by atoms with Crippen LogP contribution in [0.2, 0.25) is 10.0 Å². The van der Waals surface area contributed by atoms with Crippen molar-refractivity contribution in [3.63, 3.8) is 0 Å². The molecule has 0 bridgehead atoms. The normalized spacial score (nSPS) is 14.8. The summed E-state index contributed by atoms with van der Waals surface area (Å²) in [4.78, 5) is 25.1. The fourth-order valence-corrected chi connectivity index (χ4v) is 5.00.